The molecule has 0 amide bonds. The number of fused-ring (bicyclic) bond motifs is 1. The van der Waals surface area contributed by atoms with E-state index in [1.807, 2.05) is 29.9 Å². The van der Waals surface area contributed by atoms with Gasteiger partial charge in [-0.3, -0.25) is 4.68 Å². The zero-order chi connectivity index (χ0) is 14.1. The molecule has 104 valence electrons. The lowest BCUT2D eigenvalue weighted by Crippen LogP contribution is -2.22. The minimum Gasteiger partial charge on any atom is -0.466 e. The molecule has 1 N–H and O–H groups in total. The normalized spacial score (nSPS) is 12.9. The van der Waals surface area contributed by atoms with Crippen LogP contribution in [0.25, 0.3) is 10.9 Å². The first kappa shape index (κ1) is 13.4. The van der Waals surface area contributed by atoms with Crippen molar-refractivity contribution < 1.29 is 4.42 Å². The minimum absolute atomic E-state index is 0.0597. The van der Waals surface area contributed by atoms with Crippen molar-refractivity contribution in [1.29, 1.82) is 0 Å². The largest absolute Gasteiger partial charge is 0.466 e. The Morgan fingerprint density at radius 1 is 1.35 bits per heavy atom. The number of rotatable bonds is 4. The molecule has 0 radical (unpaired) electrons. The fourth-order valence-corrected chi connectivity index (χ4v) is 2.91. The van der Waals surface area contributed by atoms with Gasteiger partial charge in [-0.05, 0) is 34.6 Å². The topological polar surface area (TPSA) is 43.0 Å². The van der Waals surface area contributed by atoms with Gasteiger partial charge < -0.3 is 9.73 Å². The number of benzene rings is 1. The van der Waals surface area contributed by atoms with E-state index in [1.165, 1.54) is 0 Å². The van der Waals surface area contributed by atoms with Crippen LogP contribution in [-0.4, -0.2) is 16.3 Å². The van der Waals surface area contributed by atoms with Gasteiger partial charge in [-0.25, -0.2) is 0 Å². The molecule has 0 aliphatic heterocycles. The van der Waals surface area contributed by atoms with Crippen molar-refractivity contribution in [2.75, 3.05) is 6.54 Å². The Balaban J connectivity index is 2.18. The van der Waals surface area contributed by atoms with Crippen LogP contribution in [0.5, 0.6) is 0 Å². The van der Waals surface area contributed by atoms with Gasteiger partial charge in [-0.15, -0.1) is 0 Å². The monoisotopic (exact) mass is 333 g/mol. The Labute approximate surface area is 125 Å². The van der Waals surface area contributed by atoms with Gasteiger partial charge >= 0.3 is 0 Å². The maximum Gasteiger partial charge on any atom is 0.141 e. The summed E-state index contributed by atoms with van der Waals surface area (Å²) in [6, 6.07) is 10.1. The SMILES string of the molecule is CCNC(c1occc1Br)c1nn(C)c2ccccc12. The summed E-state index contributed by atoms with van der Waals surface area (Å²) in [5.41, 5.74) is 2.11. The molecule has 4 nitrogen and oxygen atoms in total. The van der Waals surface area contributed by atoms with Crippen molar-refractivity contribution in [3.05, 3.63) is 52.5 Å². The average molecular weight is 334 g/mol. The Morgan fingerprint density at radius 2 is 2.15 bits per heavy atom. The molecular weight excluding hydrogens is 318 g/mol. The van der Waals surface area contributed by atoms with Crippen LogP contribution in [0.4, 0.5) is 0 Å². The summed E-state index contributed by atoms with van der Waals surface area (Å²) < 4.78 is 8.50. The van der Waals surface area contributed by atoms with E-state index in [1.54, 1.807) is 6.26 Å². The molecule has 0 aliphatic carbocycles. The van der Waals surface area contributed by atoms with Crippen molar-refractivity contribution in [3.63, 3.8) is 0 Å². The summed E-state index contributed by atoms with van der Waals surface area (Å²) >= 11 is 3.54. The van der Waals surface area contributed by atoms with Crippen LogP contribution in [0, 0.1) is 0 Å². The van der Waals surface area contributed by atoms with Crippen LogP contribution >= 0.6 is 15.9 Å². The zero-order valence-electron chi connectivity index (χ0n) is 11.4. The first-order valence-corrected chi connectivity index (χ1v) is 7.39. The van der Waals surface area contributed by atoms with Gasteiger partial charge in [-0.2, -0.15) is 5.10 Å². The van der Waals surface area contributed by atoms with Gasteiger partial charge in [0.2, 0.25) is 0 Å². The number of furan rings is 1. The van der Waals surface area contributed by atoms with Crippen LogP contribution in [0.1, 0.15) is 24.4 Å². The lowest BCUT2D eigenvalue weighted by molar-refractivity contribution is 0.444. The summed E-state index contributed by atoms with van der Waals surface area (Å²) in [5, 5.41) is 9.27. The standard InChI is InChI=1S/C15H16BrN3O/c1-3-17-14(15-11(16)8-9-20-15)13-10-6-4-5-7-12(10)19(2)18-13/h4-9,14,17H,3H2,1-2H3. The van der Waals surface area contributed by atoms with Crippen molar-refractivity contribution in [2.45, 2.75) is 13.0 Å². The third kappa shape index (κ3) is 2.17. The number of nitrogens with one attached hydrogen (secondary N) is 1. The molecule has 0 fully saturated rings. The van der Waals surface area contributed by atoms with E-state index in [4.69, 9.17) is 4.42 Å². The first-order chi connectivity index (χ1) is 9.72. The Bertz CT molecular complexity index is 732. The van der Waals surface area contributed by atoms with E-state index in [-0.39, 0.29) is 6.04 Å². The number of nitrogens with zero attached hydrogens (tertiary/aromatic N) is 2. The van der Waals surface area contributed by atoms with Crippen molar-refractivity contribution in [2.24, 2.45) is 7.05 Å². The molecule has 0 bridgehead atoms. The van der Waals surface area contributed by atoms with E-state index in [0.29, 0.717) is 0 Å². The van der Waals surface area contributed by atoms with Crippen LogP contribution in [0.15, 0.2) is 45.5 Å². The van der Waals surface area contributed by atoms with Crippen molar-refractivity contribution in [1.82, 2.24) is 15.1 Å². The molecule has 5 heteroatoms. The second kappa shape index (κ2) is 5.42. The molecule has 0 saturated heterocycles. The Hall–Kier alpha value is -1.59. The van der Waals surface area contributed by atoms with E-state index in [0.717, 1.165) is 33.4 Å². The van der Waals surface area contributed by atoms with Gasteiger partial charge in [0, 0.05) is 12.4 Å². The maximum atomic E-state index is 5.63. The molecule has 20 heavy (non-hydrogen) atoms. The Kier molecular flexibility index (Phi) is 3.63. The Morgan fingerprint density at radius 3 is 2.85 bits per heavy atom. The highest BCUT2D eigenvalue weighted by atomic mass is 79.9. The number of hydrogen-bond acceptors (Lipinski definition) is 3. The third-order valence-electron chi connectivity index (χ3n) is 3.38. The van der Waals surface area contributed by atoms with Crippen LogP contribution in [0.2, 0.25) is 0 Å². The van der Waals surface area contributed by atoms with Crippen molar-refractivity contribution in [3.8, 4) is 0 Å². The number of aryl methyl sites for hydroxylation is 1. The number of halogens is 1. The predicted octanol–water partition coefficient (Wildman–Crippen LogP) is 3.63. The van der Waals surface area contributed by atoms with E-state index < -0.39 is 0 Å². The number of aromatic nitrogens is 2. The van der Waals surface area contributed by atoms with Crippen molar-refractivity contribution >= 4 is 26.8 Å². The van der Waals surface area contributed by atoms with Crippen LogP contribution in [0.3, 0.4) is 0 Å². The molecular formula is C15H16BrN3O. The lowest BCUT2D eigenvalue weighted by Gasteiger charge is -2.14. The predicted molar refractivity (Wildman–Crippen MR) is 82.6 cm³/mol. The zero-order valence-corrected chi connectivity index (χ0v) is 13.0. The first-order valence-electron chi connectivity index (χ1n) is 6.60. The fourth-order valence-electron chi connectivity index (χ4n) is 2.48. The molecule has 0 aliphatic rings. The highest BCUT2D eigenvalue weighted by Crippen LogP contribution is 2.32. The average Bonchev–Trinajstić information content (AvgIpc) is 3.02. The van der Waals surface area contributed by atoms with Gasteiger partial charge in [0.05, 0.1) is 21.9 Å². The molecule has 2 aromatic heterocycles. The highest BCUT2D eigenvalue weighted by molar-refractivity contribution is 9.10. The number of para-hydroxylation sites is 1. The summed E-state index contributed by atoms with van der Waals surface area (Å²) in [7, 11) is 1.96. The van der Waals surface area contributed by atoms with Gasteiger partial charge in [0.25, 0.3) is 0 Å². The minimum atomic E-state index is -0.0597. The maximum absolute atomic E-state index is 5.63. The number of hydrogen-bond donors (Lipinski definition) is 1. The van der Waals surface area contributed by atoms with E-state index in [9.17, 15) is 0 Å². The summed E-state index contributed by atoms with van der Waals surface area (Å²) in [6.45, 7) is 2.91. The molecule has 3 rings (SSSR count). The van der Waals surface area contributed by atoms with Gasteiger partial charge in [-0.1, -0.05) is 25.1 Å². The molecule has 1 unspecified atom stereocenters. The van der Waals surface area contributed by atoms with E-state index >= 15 is 0 Å². The second-order valence-electron chi connectivity index (χ2n) is 4.65. The van der Waals surface area contributed by atoms with Crippen LogP contribution < -0.4 is 5.32 Å². The quantitative estimate of drug-likeness (QED) is 0.792. The fraction of sp³-hybridized carbons (Fsp3) is 0.267. The lowest BCUT2D eigenvalue weighted by atomic mass is 10.1. The molecule has 1 atom stereocenters. The van der Waals surface area contributed by atoms with Gasteiger partial charge in [0.15, 0.2) is 0 Å². The summed E-state index contributed by atoms with van der Waals surface area (Å²) in [6.07, 6.45) is 1.69. The highest BCUT2D eigenvalue weighted by Gasteiger charge is 2.24. The van der Waals surface area contributed by atoms with E-state index in [2.05, 4.69) is 45.4 Å². The third-order valence-corrected chi connectivity index (χ3v) is 4.03. The molecule has 2 heterocycles. The smallest absolute Gasteiger partial charge is 0.141 e. The van der Waals surface area contributed by atoms with Gasteiger partial charge in [0.1, 0.15) is 11.8 Å². The molecule has 1 aromatic carbocycles. The second-order valence-corrected chi connectivity index (χ2v) is 5.50. The molecule has 0 spiro atoms. The molecule has 0 saturated carbocycles. The summed E-state index contributed by atoms with van der Waals surface area (Å²) in [4.78, 5) is 0. The van der Waals surface area contributed by atoms with Crippen LogP contribution in [-0.2, 0) is 7.05 Å². The summed E-state index contributed by atoms with van der Waals surface area (Å²) in [5.74, 6) is 0.857. The molecule has 3 aromatic rings.